The molecule has 4 heteroatoms. The number of rotatable bonds is 7. The van der Waals surface area contributed by atoms with Gasteiger partial charge in [-0.15, -0.1) is 0 Å². The summed E-state index contributed by atoms with van der Waals surface area (Å²) in [6, 6.07) is 7.88. The Bertz CT molecular complexity index is 685. The molecule has 0 radical (unpaired) electrons. The molecule has 1 aromatic rings. The second-order valence-corrected chi connectivity index (χ2v) is 7.93. The smallest absolute Gasteiger partial charge is 0.240 e. The van der Waals surface area contributed by atoms with E-state index in [1.165, 1.54) is 24.0 Å². The number of hydrogen-bond acceptors (Lipinski definition) is 2. The molecule has 0 unspecified atom stereocenters. The van der Waals surface area contributed by atoms with E-state index in [4.69, 9.17) is 0 Å². The summed E-state index contributed by atoms with van der Waals surface area (Å²) in [6.45, 7) is 4.91. The Balaban J connectivity index is 1.51. The molecule has 0 bridgehead atoms. The van der Waals surface area contributed by atoms with E-state index in [0.29, 0.717) is 25.3 Å². The van der Waals surface area contributed by atoms with Crippen LogP contribution in [-0.2, 0) is 9.59 Å². The highest BCUT2D eigenvalue weighted by Gasteiger charge is 2.56. The van der Waals surface area contributed by atoms with Crippen molar-refractivity contribution in [1.82, 2.24) is 5.32 Å². The van der Waals surface area contributed by atoms with Gasteiger partial charge in [-0.2, -0.15) is 0 Å². The van der Waals surface area contributed by atoms with E-state index in [1.54, 1.807) is 0 Å². The fraction of sp³-hybridized carbons (Fsp3) is 0.545. The predicted octanol–water partition coefficient (Wildman–Crippen LogP) is 4.54. The van der Waals surface area contributed by atoms with E-state index in [-0.39, 0.29) is 11.8 Å². The lowest BCUT2D eigenvalue weighted by atomic mass is 9.97. The van der Waals surface area contributed by atoms with Crippen LogP contribution in [0.4, 0.5) is 5.69 Å². The first-order valence-corrected chi connectivity index (χ1v) is 9.89. The molecule has 4 nitrogen and oxygen atoms in total. The van der Waals surface area contributed by atoms with Crippen molar-refractivity contribution in [3.05, 3.63) is 41.5 Å². The van der Waals surface area contributed by atoms with Gasteiger partial charge >= 0.3 is 0 Å². The molecular weight excluding hydrogens is 324 g/mol. The minimum Gasteiger partial charge on any atom is -0.355 e. The van der Waals surface area contributed by atoms with E-state index in [1.807, 2.05) is 24.3 Å². The van der Waals surface area contributed by atoms with Gasteiger partial charge in [0.25, 0.3) is 0 Å². The molecule has 2 N–H and O–H groups in total. The third kappa shape index (κ3) is 4.35. The number of carbonyl (C=O) groups is 2. The molecule has 1 saturated carbocycles. The van der Waals surface area contributed by atoms with Crippen LogP contribution in [0, 0.1) is 5.41 Å². The number of amides is 2. The summed E-state index contributed by atoms with van der Waals surface area (Å²) in [7, 11) is 0. The normalized spacial score (nSPS) is 18.2. The van der Waals surface area contributed by atoms with Gasteiger partial charge < -0.3 is 10.6 Å². The molecule has 3 rings (SSSR count). The largest absolute Gasteiger partial charge is 0.355 e. The van der Waals surface area contributed by atoms with Gasteiger partial charge in [0, 0.05) is 12.2 Å². The highest BCUT2D eigenvalue weighted by atomic mass is 16.2. The Labute approximate surface area is 156 Å². The van der Waals surface area contributed by atoms with Gasteiger partial charge in [-0.05, 0) is 68.6 Å². The van der Waals surface area contributed by atoms with Crippen LogP contribution in [0.5, 0.6) is 0 Å². The van der Waals surface area contributed by atoms with Crippen molar-refractivity contribution < 1.29 is 9.59 Å². The van der Waals surface area contributed by atoms with Gasteiger partial charge in [0.1, 0.15) is 5.41 Å². The first-order chi connectivity index (χ1) is 12.5. The van der Waals surface area contributed by atoms with Crippen LogP contribution in [0.25, 0.3) is 0 Å². The topological polar surface area (TPSA) is 58.2 Å². The average molecular weight is 354 g/mol. The number of benzene rings is 1. The molecule has 0 aliphatic heterocycles. The maximum Gasteiger partial charge on any atom is 0.240 e. The lowest BCUT2D eigenvalue weighted by Crippen LogP contribution is -2.40. The summed E-state index contributed by atoms with van der Waals surface area (Å²) in [4.78, 5) is 25.2. The van der Waals surface area contributed by atoms with E-state index < -0.39 is 5.41 Å². The molecule has 0 heterocycles. The molecule has 1 aromatic carbocycles. The van der Waals surface area contributed by atoms with Crippen LogP contribution in [0.2, 0.25) is 0 Å². The summed E-state index contributed by atoms with van der Waals surface area (Å²) in [6.07, 6.45) is 9.31. The zero-order chi connectivity index (χ0) is 18.6. The average Bonchev–Trinajstić information content (AvgIpc) is 3.45. The third-order valence-corrected chi connectivity index (χ3v) is 5.57. The Kier molecular flexibility index (Phi) is 5.80. The minimum absolute atomic E-state index is 0.120. The minimum atomic E-state index is -0.863. The zero-order valence-corrected chi connectivity index (χ0v) is 15.9. The van der Waals surface area contributed by atoms with Crippen molar-refractivity contribution >= 4 is 17.5 Å². The van der Waals surface area contributed by atoms with Crippen LogP contribution in [0.15, 0.2) is 35.9 Å². The Hall–Kier alpha value is -2.10. The Morgan fingerprint density at radius 1 is 1.08 bits per heavy atom. The SMILES string of the molecule is CC(C)c1ccc(NC(=O)C2(C(=O)NCCC3=CCCCC3)CC2)cc1. The molecule has 2 amide bonds. The molecule has 1 fully saturated rings. The highest BCUT2D eigenvalue weighted by Crippen LogP contribution is 2.46. The van der Waals surface area contributed by atoms with Gasteiger partial charge in [0.2, 0.25) is 11.8 Å². The van der Waals surface area contributed by atoms with Gasteiger partial charge in [-0.1, -0.05) is 37.6 Å². The first-order valence-electron chi connectivity index (χ1n) is 9.89. The highest BCUT2D eigenvalue weighted by molar-refractivity contribution is 6.13. The third-order valence-electron chi connectivity index (χ3n) is 5.57. The van der Waals surface area contributed by atoms with Crippen LogP contribution in [-0.4, -0.2) is 18.4 Å². The molecule has 0 saturated heterocycles. The number of carbonyl (C=O) groups excluding carboxylic acids is 2. The van der Waals surface area contributed by atoms with E-state index >= 15 is 0 Å². The second kappa shape index (κ2) is 8.07. The van der Waals surface area contributed by atoms with E-state index in [0.717, 1.165) is 24.9 Å². The quantitative estimate of drug-likeness (QED) is 0.558. The number of nitrogens with one attached hydrogen (secondary N) is 2. The lowest BCUT2D eigenvalue weighted by molar-refractivity contribution is -0.134. The van der Waals surface area contributed by atoms with Crippen molar-refractivity contribution in [3.63, 3.8) is 0 Å². The van der Waals surface area contributed by atoms with Crippen molar-refractivity contribution in [2.75, 3.05) is 11.9 Å². The molecule has 26 heavy (non-hydrogen) atoms. The van der Waals surface area contributed by atoms with Gasteiger partial charge in [0.05, 0.1) is 0 Å². The van der Waals surface area contributed by atoms with Crippen molar-refractivity contribution in [2.45, 2.75) is 64.7 Å². The molecule has 0 aromatic heterocycles. The number of anilines is 1. The predicted molar refractivity (Wildman–Crippen MR) is 105 cm³/mol. The summed E-state index contributed by atoms with van der Waals surface area (Å²) in [5.41, 5.74) is 2.57. The van der Waals surface area contributed by atoms with E-state index in [2.05, 4.69) is 30.6 Å². The summed E-state index contributed by atoms with van der Waals surface area (Å²) in [5, 5.41) is 5.90. The first kappa shape index (κ1) is 18.7. The molecule has 0 atom stereocenters. The fourth-order valence-electron chi connectivity index (χ4n) is 3.52. The molecule has 0 spiro atoms. The Morgan fingerprint density at radius 2 is 1.81 bits per heavy atom. The van der Waals surface area contributed by atoms with E-state index in [9.17, 15) is 9.59 Å². The maximum atomic E-state index is 12.6. The van der Waals surface area contributed by atoms with Crippen molar-refractivity contribution in [2.24, 2.45) is 5.41 Å². The van der Waals surface area contributed by atoms with Crippen LogP contribution in [0.1, 0.15) is 70.3 Å². The second-order valence-electron chi connectivity index (χ2n) is 7.93. The molecule has 2 aliphatic carbocycles. The summed E-state index contributed by atoms with van der Waals surface area (Å²) < 4.78 is 0. The van der Waals surface area contributed by atoms with Crippen molar-refractivity contribution in [3.8, 4) is 0 Å². The standard InChI is InChI=1S/C22H30N2O2/c1-16(2)18-8-10-19(11-9-18)24-21(26)22(13-14-22)20(25)23-15-12-17-6-4-3-5-7-17/h6,8-11,16H,3-5,7,12-15H2,1-2H3,(H,23,25)(H,24,26). The fourth-order valence-corrected chi connectivity index (χ4v) is 3.52. The van der Waals surface area contributed by atoms with Crippen LogP contribution >= 0.6 is 0 Å². The van der Waals surface area contributed by atoms with Crippen LogP contribution in [0.3, 0.4) is 0 Å². The maximum absolute atomic E-state index is 12.6. The van der Waals surface area contributed by atoms with Crippen LogP contribution < -0.4 is 10.6 Å². The van der Waals surface area contributed by atoms with Gasteiger partial charge in [0.15, 0.2) is 0 Å². The summed E-state index contributed by atoms with van der Waals surface area (Å²) >= 11 is 0. The van der Waals surface area contributed by atoms with Gasteiger partial charge in [-0.3, -0.25) is 9.59 Å². The molecule has 2 aliphatic rings. The number of hydrogen-bond donors (Lipinski definition) is 2. The lowest BCUT2D eigenvalue weighted by Gasteiger charge is -2.17. The molecule has 140 valence electrons. The Morgan fingerprint density at radius 3 is 2.38 bits per heavy atom. The number of allylic oxidation sites excluding steroid dienone is 1. The monoisotopic (exact) mass is 354 g/mol. The summed E-state index contributed by atoms with van der Waals surface area (Å²) in [5.74, 6) is 0.161. The molecular formula is C22H30N2O2. The zero-order valence-electron chi connectivity index (χ0n) is 15.9. The van der Waals surface area contributed by atoms with Crippen molar-refractivity contribution in [1.29, 1.82) is 0 Å². The van der Waals surface area contributed by atoms with Gasteiger partial charge in [-0.25, -0.2) is 0 Å².